The van der Waals surface area contributed by atoms with E-state index in [0.29, 0.717) is 5.89 Å². The summed E-state index contributed by atoms with van der Waals surface area (Å²) in [7, 11) is 0. The monoisotopic (exact) mass is 280 g/mol. The van der Waals surface area contributed by atoms with E-state index in [1.165, 1.54) is 12.8 Å². The third-order valence-electron chi connectivity index (χ3n) is 3.88. The predicted molar refractivity (Wildman–Crippen MR) is 69.9 cm³/mol. The van der Waals surface area contributed by atoms with Gasteiger partial charge in [-0.05, 0) is 38.1 Å². The van der Waals surface area contributed by atoms with Gasteiger partial charge in [0.25, 0.3) is 11.7 Å². The van der Waals surface area contributed by atoms with E-state index in [1.54, 1.807) is 0 Å². The standard InChI is InChI=1S/C13H20N4O3/c14-11(18)12-15-13(20-16-12)10-2-1-5-17(10)6-7-19-8-9-3-4-9/h9-10H,1-8H2,(H2,14,18). The maximum Gasteiger partial charge on any atom is 0.290 e. The number of carbonyl (C=O) groups excluding carboxylic acids is 1. The van der Waals surface area contributed by atoms with Crippen LogP contribution in [0.25, 0.3) is 0 Å². The Hall–Kier alpha value is -1.47. The van der Waals surface area contributed by atoms with Crippen molar-refractivity contribution in [2.75, 3.05) is 26.3 Å². The highest BCUT2D eigenvalue weighted by Crippen LogP contribution is 2.31. The molecule has 1 unspecified atom stereocenters. The van der Waals surface area contributed by atoms with E-state index in [0.717, 1.165) is 45.1 Å². The molecule has 2 heterocycles. The molecule has 2 aliphatic rings. The number of rotatable bonds is 7. The lowest BCUT2D eigenvalue weighted by molar-refractivity contribution is 0.0871. The molecule has 1 aliphatic heterocycles. The van der Waals surface area contributed by atoms with Crippen LogP contribution in [0.15, 0.2) is 4.52 Å². The second-order valence-corrected chi connectivity index (χ2v) is 5.53. The van der Waals surface area contributed by atoms with E-state index in [4.69, 9.17) is 15.0 Å². The van der Waals surface area contributed by atoms with Crippen molar-refractivity contribution in [3.63, 3.8) is 0 Å². The third-order valence-corrected chi connectivity index (χ3v) is 3.88. The molecule has 1 saturated heterocycles. The minimum absolute atomic E-state index is 0.0446. The third kappa shape index (κ3) is 3.16. The lowest BCUT2D eigenvalue weighted by Gasteiger charge is -2.21. The molecule has 7 nitrogen and oxygen atoms in total. The zero-order chi connectivity index (χ0) is 13.9. The van der Waals surface area contributed by atoms with Crippen LogP contribution in [-0.4, -0.2) is 47.3 Å². The summed E-state index contributed by atoms with van der Waals surface area (Å²) < 4.78 is 10.8. The minimum Gasteiger partial charge on any atom is -0.380 e. The lowest BCUT2D eigenvalue weighted by Crippen LogP contribution is -2.27. The summed E-state index contributed by atoms with van der Waals surface area (Å²) in [4.78, 5) is 17.3. The summed E-state index contributed by atoms with van der Waals surface area (Å²) in [6, 6.07) is 0.0834. The summed E-state index contributed by atoms with van der Waals surface area (Å²) in [6.45, 7) is 3.45. The second-order valence-electron chi connectivity index (χ2n) is 5.53. The fourth-order valence-electron chi connectivity index (χ4n) is 2.56. The van der Waals surface area contributed by atoms with Gasteiger partial charge in [0.1, 0.15) is 0 Å². The Morgan fingerprint density at radius 3 is 3.00 bits per heavy atom. The number of ether oxygens (including phenoxy) is 1. The minimum atomic E-state index is -0.655. The Morgan fingerprint density at radius 2 is 2.30 bits per heavy atom. The molecule has 1 aliphatic carbocycles. The van der Waals surface area contributed by atoms with Gasteiger partial charge in [0.05, 0.1) is 12.6 Å². The second kappa shape index (κ2) is 5.88. The van der Waals surface area contributed by atoms with Gasteiger partial charge in [-0.25, -0.2) is 0 Å². The SMILES string of the molecule is NC(=O)c1noc(C2CCCN2CCOCC2CC2)n1. The number of primary amides is 1. The number of nitrogens with zero attached hydrogens (tertiary/aromatic N) is 3. The van der Waals surface area contributed by atoms with Crippen LogP contribution < -0.4 is 5.73 Å². The van der Waals surface area contributed by atoms with Crippen LogP contribution in [0.3, 0.4) is 0 Å². The van der Waals surface area contributed by atoms with Gasteiger partial charge in [-0.3, -0.25) is 9.69 Å². The molecule has 0 spiro atoms. The van der Waals surface area contributed by atoms with Crippen molar-refractivity contribution in [3.8, 4) is 0 Å². The molecule has 1 aromatic rings. The molecule has 1 amide bonds. The van der Waals surface area contributed by atoms with Gasteiger partial charge in [-0.2, -0.15) is 4.98 Å². The van der Waals surface area contributed by atoms with Gasteiger partial charge in [0, 0.05) is 13.2 Å². The van der Waals surface area contributed by atoms with E-state index in [2.05, 4.69) is 15.0 Å². The highest BCUT2D eigenvalue weighted by molar-refractivity contribution is 5.88. The summed E-state index contributed by atoms with van der Waals surface area (Å²) in [5.41, 5.74) is 5.14. The molecule has 2 N–H and O–H groups in total. The first-order valence-corrected chi connectivity index (χ1v) is 7.19. The maximum absolute atomic E-state index is 11.0. The number of aromatic nitrogens is 2. The summed E-state index contributed by atoms with van der Waals surface area (Å²) >= 11 is 0. The van der Waals surface area contributed by atoms with Crippen LogP contribution in [0, 0.1) is 5.92 Å². The average Bonchev–Trinajstić information content (AvgIpc) is 2.93. The molecule has 0 radical (unpaired) electrons. The van der Waals surface area contributed by atoms with Gasteiger partial charge >= 0.3 is 0 Å². The Balaban J connectivity index is 1.52. The number of carbonyl (C=O) groups is 1. The fraction of sp³-hybridized carbons (Fsp3) is 0.769. The Bertz CT molecular complexity index is 472. The summed E-state index contributed by atoms with van der Waals surface area (Å²) in [6.07, 6.45) is 4.67. The molecular weight excluding hydrogens is 260 g/mol. The molecule has 20 heavy (non-hydrogen) atoms. The van der Waals surface area contributed by atoms with E-state index in [1.807, 2.05) is 0 Å². The fourth-order valence-corrected chi connectivity index (χ4v) is 2.56. The van der Waals surface area contributed by atoms with Crippen molar-refractivity contribution in [2.24, 2.45) is 11.7 Å². The Kier molecular flexibility index (Phi) is 3.98. The molecule has 2 fully saturated rings. The number of likely N-dealkylation sites (tertiary alicyclic amines) is 1. The molecule has 1 aromatic heterocycles. The van der Waals surface area contributed by atoms with Gasteiger partial charge in [0.2, 0.25) is 5.89 Å². The summed E-state index contributed by atoms with van der Waals surface area (Å²) in [5.74, 6) is 0.575. The smallest absolute Gasteiger partial charge is 0.290 e. The number of hydrogen-bond acceptors (Lipinski definition) is 6. The molecule has 1 atom stereocenters. The molecule has 110 valence electrons. The van der Waals surface area contributed by atoms with Crippen LogP contribution in [0.1, 0.15) is 48.2 Å². The van der Waals surface area contributed by atoms with Gasteiger partial charge in [0.15, 0.2) is 0 Å². The van der Waals surface area contributed by atoms with Crippen LogP contribution >= 0.6 is 0 Å². The Labute approximate surface area is 117 Å². The van der Waals surface area contributed by atoms with E-state index < -0.39 is 5.91 Å². The summed E-state index contributed by atoms with van der Waals surface area (Å²) in [5, 5.41) is 3.60. The first kappa shape index (κ1) is 13.5. The quantitative estimate of drug-likeness (QED) is 0.740. The molecule has 0 bridgehead atoms. The van der Waals surface area contributed by atoms with Crippen LogP contribution in [-0.2, 0) is 4.74 Å². The van der Waals surface area contributed by atoms with E-state index in [-0.39, 0.29) is 11.9 Å². The van der Waals surface area contributed by atoms with Gasteiger partial charge in [-0.1, -0.05) is 5.16 Å². The number of amides is 1. The van der Waals surface area contributed by atoms with Crippen molar-refractivity contribution in [1.29, 1.82) is 0 Å². The molecule has 7 heteroatoms. The van der Waals surface area contributed by atoms with Crippen molar-refractivity contribution in [3.05, 3.63) is 11.7 Å². The largest absolute Gasteiger partial charge is 0.380 e. The van der Waals surface area contributed by atoms with Crippen molar-refractivity contribution in [1.82, 2.24) is 15.0 Å². The first-order valence-electron chi connectivity index (χ1n) is 7.19. The Morgan fingerprint density at radius 1 is 1.45 bits per heavy atom. The van der Waals surface area contributed by atoms with Crippen LogP contribution in [0.5, 0.6) is 0 Å². The molecule has 1 saturated carbocycles. The van der Waals surface area contributed by atoms with Crippen molar-refractivity contribution in [2.45, 2.75) is 31.7 Å². The van der Waals surface area contributed by atoms with Crippen LogP contribution in [0.4, 0.5) is 0 Å². The topological polar surface area (TPSA) is 94.5 Å². The number of hydrogen-bond donors (Lipinski definition) is 1. The van der Waals surface area contributed by atoms with Crippen molar-refractivity contribution < 1.29 is 14.1 Å². The van der Waals surface area contributed by atoms with Gasteiger partial charge in [-0.15, -0.1) is 0 Å². The maximum atomic E-state index is 11.0. The highest BCUT2D eigenvalue weighted by atomic mass is 16.5. The predicted octanol–water partition coefficient (Wildman–Crippen LogP) is 0.732. The van der Waals surface area contributed by atoms with Gasteiger partial charge < -0.3 is 15.0 Å². The molecule has 0 aromatic carbocycles. The van der Waals surface area contributed by atoms with E-state index >= 15 is 0 Å². The molecular formula is C13H20N4O3. The first-order chi connectivity index (χ1) is 9.74. The lowest BCUT2D eigenvalue weighted by atomic mass is 10.2. The highest BCUT2D eigenvalue weighted by Gasteiger charge is 2.31. The van der Waals surface area contributed by atoms with Crippen LogP contribution in [0.2, 0.25) is 0 Å². The van der Waals surface area contributed by atoms with Crippen molar-refractivity contribution >= 4 is 5.91 Å². The normalized spacial score (nSPS) is 23.3. The molecule has 3 rings (SSSR count). The zero-order valence-electron chi connectivity index (χ0n) is 11.5. The zero-order valence-corrected chi connectivity index (χ0v) is 11.5. The van der Waals surface area contributed by atoms with E-state index in [9.17, 15) is 4.79 Å². The number of nitrogens with two attached hydrogens (primary N) is 1. The average molecular weight is 280 g/mol.